The van der Waals surface area contributed by atoms with Gasteiger partial charge < -0.3 is 10.2 Å². The van der Waals surface area contributed by atoms with E-state index in [4.69, 9.17) is 11.6 Å². The van der Waals surface area contributed by atoms with E-state index in [1.807, 2.05) is 7.05 Å². The lowest BCUT2D eigenvalue weighted by molar-refractivity contribution is 0.231. The van der Waals surface area contributed by atoms with Gasteiger partial charge in [0.05, 0.1) is 10.7 Å². The van der Waals surface area contributed by atoms with E-state index in [-0.39, 0.29) is 0 Å². The molecule has 0 bridgehead atoms. The minimum Gasteiger partial charge on any atom is -0.367 e. The fourth-order valence-electron chi connectivity index (χ4n) is 3.33. The summed E-state index contributed by atoms with van der Waals surface area (Å²) in [4.78, 5) is 5.08. The lowest BCUT2D eigenvalue weighted by atomic mass is 10.1. The Labute approximate surface area is 120 Å². The standard InChI is InChI=1S/C15H22ClN3/c1-17-10-12-4-5-15(14(16)9-12)19-8-7-18-6-2-3-13(18)11-19/h4-5,9,13,17H,2-3,6-8,10-11H2,1H3. The molecule has 1 N–H and O–H groups in total. The van der Waals surface area contributed by atoms with Gasteiger partial charge in [-0.3, -0.25) is 4.90 Å². The molecule has 0 radical (unpaired) electrons. The van der Waals surface area contributed by atoms with Crippen LogP contribution >= 0.6 is 11.6 Å². The lowest BCUT2D eigenvalue weighted by Gasteiger charge is -2.39. The fourth-order valence-corrected chi connectivity index (χ4v) is 3.65. The molecule has 1 atom stereocenters. The van der Waals surface area contributed by atoms with Crippen molar-refractivity contribution in [2.24, 2.45) is 0 Å². The molecule has 1 aromatic carbocycles. The summed E-state index contributed by atoms with van der Waals surface area (Å²) in [6.45, 7) is 5.57. The summed E-state index contributed by atoms with van der Waals surface area (Å²) in [5.41, 5.74) is 2.45. The van der Waals surface area contributed by atoms with Crippen molar-refractivity contribution in [2.45, 2.75) is 25.4 Å². The number of anilines is 1. The third-order valence-corrected chi connectivity index (χ3v) is 4.62. The average Bonchev–Trinajstić information content (AvgIpc) is 2.86. The number of hydrogen-bond acceptors (Lipinski definition) is 3. The molecule has 2 aliphatic heterocycles. The van der Waals surface area contributed by atoms with Crippen LogP contribution in [-0.4, -0.2) is 44.2 Å². The Hall–Kier alpha value is -0.770. The first-order chi connectivity index (χ1) is 9.28. The number of fused-ring (bicyclic) bond motifs is 1. The number of benzene rings is 1. The SMILES string of the molecule is CNCc1ccc(N2CCN3CCCC3C2)c(Cl)c1. The quantitative estimate of drug-likeness (QED) is 0.916. The molecule has 2 saturated heterocycles. The Balaban J connectivity index is 1.75. The van der Waals surface area contributed by atoms with E-state index in [9.17, 15) is 0 Å². The van der Waals surface area contributed by atoms with Crippen molar-refractivity contribution in [3.8, 4) is 0 Å². The van der Waals surface area contributed by atoms with Crippen molar-refractivity contribution >= 4 is 17.3 Å². The molecule has 2 heterocycles. The highest BCUT2D eigenvalue weighted by Crippen LogP contribution is 2.31. The number of nitrogens with zero attached hydrogens (tertiary/aromatic N) is 2. The molecule has 0 aromatic heterocycles. The highest BCUT2D eigenvalue weighted by Gasteiger charge is 2.31. The minimum absolute atomic E-state index is 0.738. The summed E-state index contributed by atoms with van der Waals surface area (Å²) in [5.74, 6) is 0. The smallest absolute Gasteiger partial charge is 0.0642 e. The summed E-state index contributed by atoms with van der Waals surface area (Å²) in [6.07, 6.45) is 2.69. The minimum atomic E-state index is 0.738. The highest BCUT2D eigenvalue weighted by molar-refractivity contribution is 6.33. The molecule has 2 aliphatic rings. The molecule has 4 heteroatoms. The van der Waals surface area contributed by atoms with E-state index in [1.54, 1.807) is 0 Å². The fraction of sp³-hybridized carbons (Fsp3) is 0.600. The van der Waals surface area contributed by atoms with Crippen LogP contribution in [0.15, 0.2) is 18.2 Å². The summed E-state index contributed by atoms with van der Waals surface area (Å²) < 4.78 is 0. The van der Waals surface area contributed by atoms with Gasteiger partial charge in [-0.05, 0) is 44.1 Å². The second-order valence-electron chi connectivity index (χ2n) is 5.59. The number of hydrogen-bond donors (Lipinski definition) is 1. The molecule has 2 fully saturated rings. The van der Waals surface area contributed by atoms with Crippen LogP contribution in [0.3, 0.4) is 0 Å². The van der Waals surface area contributed by atoms with Crippen molar-refractivity contribution in [2.75, 3.05) is 38.1 Å². The van der Waals surface area contributed by atoms with Crippen LogP contribution in [0, 0.1) is 0 Å². The molecule has 0 saturated carbocycles. The second-order valence-corrected chi connectivity index (χ2v) is 6.00. The molecule has 0 aliphatic carbocycles. The summed E-state index contributed by atoms with van der Waals surface area (Å²) >= 11 is 6.46. The Kier molecular flexibility index (Phi) is 3.96. The number of nitrogens with one attached hydrogen (secondary N) is 1. The highest BCUT2D eigenvalue weighted by atomic mass is 35.5. The maximum atomic E-state index is 6.46. The Morgan fingerprint density at radius 1 is 1.32 bits per heavy atom. The summed E-state index contributed by atoms with van der Waals surface area (Å²) in [5, 5.41) is 4.05. The van der Waals surface area contributed by atoms with Crippen molar-refractivity contribution in [1.29, 1.82) is 0 Å². The second kappa shape index (κ2) is 5.70. The van der Waals surface area contributed by atoms with Gasteiger partial charge in [0.15, 0.2) is 0 Å². The first kappa shape index (κ1) is 13.2. The molecule has 1 unspecified atom stereocenters. The maximum Gasteiger partial charge on any atom is 0.0642 e. The van der Waals surface area contributed by atoms with Crippen LogP contribution < -0.4 is 10.2 Å². The van der Waals surface area contributed by atoms with E-state index in [2.05, 4.69) is 33.3 Å². The van der Waals surface area contributed by atoms with E-state index < -0.39 is 0 Å². The predicted octanol–water partition coefficient (Wildman–Crippen LogP) is 2.34. The van der Waals surface area contributed by atoms with Crippen LogP contribution in [0.1, 0.15) is 18.4 Å². The molecule has 19 heavy (non-hydrogen) atoms. The largest absolute Gasteiger partial charge is 0.367 e. The normalized spacial score (nSPS) is 23.7. The van der Waals surface area contributed by atoms with Gasteiger partial charge in [0.2, 0.25) is 0 Å². The third kappa shape index (κ3) is 2.73. The zero-order chi connectivity index (χ0) is 13.2. The monoisotopic (exact) mass is 279 g/mol. The molecule has 0 spiro atoms. The van der Waals surface area contributed by atoms with Gasteiger partial charge in [-0.15, -0.1) is 0 Å². The van der Waals surface area contributed by atoms with Crippen LogP contribution in [0.5, 0.6) is 0 Å². The van der Waals surface area contributed by atoms with Gasteiger partial charge in [0.25, 0.3) is 0 Å². The van der Waals surface area contributed by atoms with E-state index in [1.165, 1.54) is 37.2 Å². The van der Waals surface area contributed by atoms with Gasteiger partial charge >= 0.3 is 0 Å². The Bertz CT molecular complexity index is 449. The maximum absolute atomic E-state index is 6.46. The van der Waals surface area contributed by atoms with Gasteiger partial charge in [-0.25, -0.2) is 0 Å². The van der Waals surface area contributed by atoms with E-state index in [0.29, 0.717) is 0 Å². The summed E-state index contributed by atoms with van der Waals surface area (Å²) in [6, 6.07) is 7.19. The van der Waals surface area contributed by atoms with Crippen molar-refractivity contribution in [3.63, 3.8) is 0 Å². The van der Waals surface area contributed by atoms with E-state index >= 15 is 0 Å². The molecule has 1 aromatic rings. The van der Waals surface area contributed by atoms with Gasteiger partial charge in [-0.1, -0.05) is 17.7 Å². The molecular weight excluding hydrogens is 258 g/mol. The lowest BCUT2D eigenvalue weighted by Crippen LogP contribution is -2.50. The first-order valence-corrected chi connectivity index (χ1v) is 7.58. The van der Waals surface area contributed by atoms with Crippen LogP contribution in [0.2, 0.25) is 5.02 Å². The van der Waals surface area contributed by atoms with Crippen LogP contribution in [-0.2, 0) is 6.54 Å². The molecule has 0 amide bonds. The zero-order valence-electron chi connectivity index (χ0n) is 11.5. The molecule has 3 nitrogen and oxygen atoms in total. The number of piperazine rings is 1. The first-order valence-electron chi connectivity index (χ1n) is 7.20. The van der Waals surface area contributed by atoms with Crippen LogP contribution in [0.25, 0.3) is 0 Å². The average molecular weight is 280 g/mol. The Morgan fingerprint density at radius 2 is 2.21 bits per heavy atom. The van der Waals surface area contributed by atoms with Crippen molar-refractivity contribution < 1.29 is 0 Å². The van der Waals surface area contributed by atoms with Crippen molar-refractivity contribution in [3.05, 3.63) is 28.8 Å². The summed E-state index contributed by atoms with van der Waals surface area (Å²) in [7, 11) is 1.96. The van der Waals surface area contributed by atoms with Crippen molar-refractivity contribution in [1.82, 2.24) is 10.2 Å². The number of halogens is 1. The topological polar surface area (TPSA) is 18.5 Å². The molecular formula is C15H22ClN3. The van der Waals surface area contributed by atoms with Gasteiger partial charge in [0, 0.05) is 32.2 Å². The van der Waals surface area contributed by atoms with Gasteiger partial charge in [0.1, 0.15) is 0 Å². The molecule has 104 valence electrons. The van der Waals surface area contributed by atoms with Gasteiger partial charge in [-0.2, -0.15) is 0 Å². The predicted molar refractivity (Wildman–Crippen MR) is 81.0 cm³/mol. The third-order valence-electron chi connectivity index (χ3n) is 4.32. The Morgan fingerprint density at radius 3 is 3.00 bits per heavy atom. The number of rotatable bonds is 3. The molecule has 3 rings (SSSR count). The zero-order valence-corrected chi connectivity index (χ0v) is 12.3. The van der Waals surface area contributed by atoms with Crippen LogP contribution in [0.4, 0.5) is 5.69 Å². The van der Waals surface area contributed by atoms with E-state index in [0.717, 1.165) is 30.7 Å².